The molecule has 9 heteroatoms. The number of hydrogen-bond donors (Lipinski definition) is 1. The second-order valence-electron chi connectivity index (χ2n) is 5.19. The number of carbonyl (C=O) groups excluding carboxylic acids is 1. The predicted octanol–water partition coefficient (Wildman–Crippen LogP) is 4.97. The molecule has 0 fully saturated rings. The maximum Gasteiger partial charge on any atom is 0.271 e. The van der Waals surface area contributed by atoms with Crippen LogP contribution < -0.4 is 5.32 Å². The number of hydrogen-bond acceptors (Lipinski definition) is 7. The molecule has 0 aromatic carbocycles. The van der Waals surface area contributed by atoms with Crippen LogP contribution in [0.5, 0.6) is 0 Å². The van der Waals surface area contributed by atoms with Gasteiger partial charge in [0.1, 0.15) is 15.7 Å². The van der Waals surface area contributed by atoms with Crippen LogP contribution in [-0.4, -0.2) is 20.9 Å². The largest absolute Gasteiger partial charge is 0.344 e. The molecular weight excluding hydrogens is 408 g/mol. The lowest BCUT2D eigenvalue weighted by Crippen LogP contribution is -2.23. The average Bonchev–Trinajstić information content (AvgIpc) is 3.40. The molecule has 0 aliphatic rings. The van der Waals surface area contributed by atoms with Gasteiger partial charge >= 0.3 is 0 Å². The van der Waals surface area contributed by atoms with E-state index in [9.17, 15) is 4.79 Å². The Bertz CT molecular complexity index is 1040. The highest BCUT2D eigenvalue weighted by Gasteiger charge is 2.14. The van der Waals surface area contributed by atoms with Gasteiger partial charge in [0.15, 0.2) is 0 Å². The van der Waals surface area contributed by atoms with E-state index in [-0.39, 0.29) is 5.91 Å². The lowest BCUT2D eigenvalue weighted by molar-refractivity contribution is 0.0946. The van der Waals surface area contributed by atoms with E-state index < -0.39 is 0 Å². The summed E-state index contributed by atoms with van der Waals surface area (Å²) in [5.41, 5.74) is 2.29. The van der Waals surface area contributed by atoms with Crippen molar-refractivity contribution >= 4 is 51.5 Å². The number of rotatable bonds is 5. The van der Waals surface area contributed by atoms with Gasteiger partial charge in [0.25, 0.3) is 5.91 Å². The second kappa shape index (κ2) is 7.63. The third kappa shape index (κ3) is 3.83. The third-order valence-electron chi connectivity index (χ3n) is 3.45. The highest BCUT2D eigenvalue weighted by Crippen LogP contribution is 2.32. The second-order valence-corrected chi connectivity index (χ2v) is 8.70. The molecule has 130 valence electrons. The Morgan fingerprint density at radius 2 is 1.92 bits per heavy atom. The molecule has 0 aliphatic heterocycles. The van der Waals surface area contributed by atoms with Crippen LogP contribution >= 0.6 is 45.6 Å². The van der Waals surface area contributed by atoms with Crippen molar-refractivity contribution in [3.05, 3.63) is 62.5 Å². The summed E-state index contributed by atoms with van der Waals surface area (Å²) in [5.74, 6) is -0.212. The van der Waals surface area contributed by atoms with Crippen LogP contribution in [-0.2, 0) is 6.54 Å². The molecule has 0 spiro atoms. The fourth-order valence-electron chi connectivity index (χ4n) is 2.21. The van der Waals surface area contributed by atoms with Crippen molar-refractivity contribution in [1.29, 1.82) is 0 Å². The number of thiazole rings is 2. The van der Waals surface area contributed by atoms with Crippen molar-refractivity contribution in [3.63, 3.8) is 0 Å². The normalized spacial score (nSPS) is 10.8. The molecule has 4 aromatic rings. The molecule has 0 aliphatic carbocycles. The summed E-state index contributed by atoms with van der Waals surface area (Å²) in [6.07, 6.45) is 3.47. The average molecular weight is 419 g/mol. The van der Waals surface area contributed by atoms with Crippen LogP contribution in [0.2, 0.25) is 4.34 Å². The minimum Gasteiger partial charge on any atom is -0.344 e. The van der Waals surface area contributed by atoms with Crippen LogP contribution in [0.25, 0.3) is 21.1 Å². The Morgan fingerprint density at radius 3 is 2.69 bits per heavy atom. The van der Waals surface area contributed by atoms with Crippen LogP contribution in [0, 0.1) is 0 Å². The molecule has 5 nitrogen and oxygen atoms in total. The quantitative estimate of drug-likeness (QED) is 0.496. The molecule has 0 radical (unpaired) electrons. The van der Waals surface area contributed by atoms with Crippen molar-refractivity contribution in [2.45, 2.75) is 6.54 Å². The van der Waals surface area contributed by atoms with E-state index in [1.54, 1.807) is 17.8 Å². The number of halogens is 1. The number of aromatic nitrogens is 3. The number of pyridine rings is 1. The van der Waals surface area contributed by atoms with Gasteiger partial charge in [-0.1, -0.05) is 11.6 Å². The lowest BCUT2D eigenvalue weighted by Gasteiger charge is -2.00. The first-order valence-corrected chi connectivity index (χ1v) is 10.5. The molecule has 1 N–H and O–H groups in total. The topological polar surface area (TPSA) is 67.8 Å². The van der Waals surface area contributed by atoms with Crippen molar-refractivity contribution in [1.82, 2.24) is 20.3 Å². The molecule has 26 heavy (non-hydrogen) atoms. The van der Waals surface area contributed by atoms with E-state index in [4.69, 9.17) is 11.6 Å². The summed E-state index contributed by atoms with van der Waals surface area (Å²) in [6, 6.07) is 7.55. The molecule has 0 bridgehead atoms. The maximum atomic E-state index is 12.3. The maximum absolute atomic E-state index is 12.3. The molecule has 4 heterocycles. The van der Waals surface area contributed by atoms with E-state index in [1.165, 1.54) is 34.0 Å². The molecule has 1 amide bonds. The van der Waals surface area contributed by atoms with Gasteiger partial charge in [-0.25, -0.2) is 9.97 Å². The fourth-order valence-corrected chi connectivity index (χ4v) is 4.87. The zero-order valence-electron chi connectivity index (χ0n) is 13.2. The summed E-state index contributed by atoms with van der Waals surface area (Å²) in [5, 5.41) is 8.22. The number of amides is 1. The number of nitrogens with one attached hydrogen (secondary N) is 1. The zero-order valence-corrected chi connectivity index (χ0v) is 16.4. The first kappa shape index (κ1) is 17.3. The predicted molar refractivity (Wildman–Crippen MR) is 107 cm³/mol. The molecule has 0 atom stereocenters. The van der Waals surface area contributed by atoms with Crippen LogP contribution in [0.15, 0.2) is 47.4 Å². The molecule has 4 aromatic heterocycles. The Balaban J connectivity index is 1.40. The number of nitrogens with zero attached hydrogens (tertiary/aromatic N) is 3. The van der Waals surface area contributed by atoms with Crippen LogP contribution in [0.4, 0.5) is 0 Å². The van der Waals surface area contributed by atoms with Crippen LogP contribution in [0.3, 0.4) is 0 Å². The van der Waals surface area contributed by atoms with Crippen molar-refractivity contribution in [2.75, 3.05) is 0 Å². The zero-order chi connectivity index (χ0) is 17.9. The van der Waals surface area contributed by atoms with E-state index >= 15 is 0 Å². The first-order valence-electron chi connectivity index (χ1n) is 7.53. The number of carbonyl (C=O) groups is 1. The smallest absolute Gasteiger partial charge is 0.271 e. The van der Waals surface area contributed by atoms with Crippen molar-refractivity contribution < 1.29 is 4.79 Å². The van der Waals surface area contributed by atoms with Gasteiger partial charge in [0.05, 0.1) is 21.5 Å². The Hall–Kier alpha value is -2.13. The van der Waals surface area contributed by atoms with Gasteiger partial charge in [0, 0.05) is 28.7 Å². The van der Waals surface area contributed by atoms with Gasteiger partial charge in [-0.05, 0) is 24.3 Å². The molecule has 0 unspecified atom stereocenters. The van der Waals surface area contributed by atoms with Gasteiger partial charge in [0.2, 0.25) is 0 Å². The monoisotopic (exact) mass is 418 g/mol. The number of thiophene rings is 1. The Morgan fingerprint density at radius 1 is 1.08 bits per heavy atom. The lowest BCUT2D eigenvalue weighted by atomic mass is 10.2. The molecule has 4 rings (SSSR count). The SMILES string of the molecule is O=C(NCc1nc(-c2ccncc2)cs1)c1csc(-c2ccc(Cl)s2)n1. The summed E-state index contributed by atoms with van der Waals surface area (Å²) in [6.45, 7) is 0.367. The molecule has 0 saturated heterocycles. The van der Waals surface area contributed by atoms with E-state index in [2.05, 4.69) is 20.3 Å². The highest BCUT2D eigenvalue weighted by atomic mass is 35.5. The Labute approximate surface area is 166 Å². The van der Waals surface area contributed by atoms with E-state index in [1.807, 2.05) is 29.6 Å². The summed E-state index contributed by atoms with van der Waals surface area (Å²) < 4.78 is 0.704. The third-order valence-corrected chi connectivity index (χ3v) is 6.54. The van der Waals surface area contributed by atoms with Gasteiger partial charge in [-0.15, -0.1) is 34.0 Å². The summed E-state index contributed by atoms with van der Waals surface area (Å²) in [4.78, 5) is 26.2. The van der Waals surface area contributed by atoms with Gasteiger partial charge < -0.3 is 5.32 Å². The summed E-state index contributed by atoms with van der Waals surface area (Å²) >= 11 is 10.3. The van der Waals surface area contributed by atoms with Crippen molar-refractivity contribution in [2.24, 2.45) is 0 Å². The minimum atomic E-state index is -0.212. The van der Waals surface area contributed by atoms with Crippen molar-refractivity contribution in [3.8, 4) is 21.1 Å². The van der Waals surface area contributed by atoms with E-state index in [0.29, 0.717) is 16.6 Å². The first-order chi connectivity index (χ1) is 12.7. The summed E-state index contributed by atoms with van der Waals surface area (Å²) in [7, 11) is 0. The minimum absolute atomic E-state index is 0.212. The van der Waals surface area contributed by atoms with Gasteiger partial charge in [-0.3, -0.25) is 9.78 Å². The van der Waals surface area contributed by atoms with E-state index in [0.717, 1.165) is 26.1 Å². The Kier molecular flexibility index (Phi) is 5.07. The highest BCUT2D eigenvalue weighted by molar-refractivity contribution is 7.23. The standard InChI is InChI=1S/C17H11ClN4OS3/c18-14-2-1-13(26-14)17-22-12(9-25-17)16(23)20-7-15-21-11(8-24-15)10-3-5-19-6-4-10/h1-6,8-9H,7H2,(H,20,23). The molecular formula is C17H11ClN4OS3. The van der Waals surface area contributed by atoms with Gasteiger partial charge in [-0.2, -0.15) is 0 Å². The molecule has 0 saturated carbocycles. The fraction of sp³-hybridized carbons (Fsp3) is 0.0588. The van der Waals surface area contributed by atoms with Crippen LogP contribution in [0.1, 0.15) is 15.5 Å².